The lowest BCUT2D eigenvalue weighted by atomic mass is 10.2. The number of thiophene rings is 1. The smallest absolute Gasteiger partial charge is 0.255 e. The van der Waals surface area contributed by atoms with Gasteiger partial charge < -0.3 is 10.6 Å². The first-order valence-corrected chi connectivity index (χ1v) is 6.83. The Bertz CT molecular complexity index is 557. The molecule has 0 bridgehead atoms. The summed E-state index contributed by atoms with van der Waals surface area (Å²) >= 11 is 1.56. The van der Waals surface area contributed by atoms with E-state index in [1.165, 1.54) is 6.07 Å². The maximum Gasteiger partial charge on any atom is 0.255 e. The molecule has 100 valence electrons. The molecular formula is C13H14FN3OS. The summed E-state index contributed by atoms with van der Waals surface area (Å²) in [6.45, 7) is 2.92. The molecule has 2 aromatic rings. The monoisotopic (exact) mass is 279 g/mol. The first-order valence-electron chi connectivity index (χ1n) is 5.89. The van der Waals surface area contributed by atoms with E-state index in [-0.39, 0.29) is 11.5 Å². The number of carbonyl (C=O) groups is 1. The third kappa shape index (κ3) is 3.51. The molecule has 0 fully saturated rings. The van der Waals surface area contributed by atoms with Crippen LogP contribution in [0.2, 0.25) is 0 Å². The van der Waals surface area contributed by atoms with Gasteiger partial charge in [0.25, 0.3) is 5.91 Å². The van der Waals surface area contributed by atoms with E-state index in [1.807, 2.05) is 23.8 Å². The average Bonchev–Trinajstić information content (AvgIpc) is 2.91. The van der Waals surface area contributed by atoms with Gasteiger partial charge in [0, 0.05) is 13.1 Å². The highest BCUT2D eigenvalue weighted by Gasteiger charge is 2.13. The number of pyridine rings is 1. The van der Waals surface area contributed by atoms with Gasteiger partial charge in [-0.25, -0.2) is 9.37 Å². The molecule has 0 radical (unpaired) electrons. The number of rotatable bonds is 5. The predicted octanol–water partition coefficient (Wildman–Crippen LogP) is 2.64. The molecule has 0 aromatic carbocycles. The van der Waals surface area contributed by atoms with Crippen LogP contribution in [-0.4, -0.2) is 17.4 Å². The van der Waals surface area contributed by atoms with Gasteiger partial charge in [0.15, 0.2) is 0 Å². The van der Waals surface area contributed by atoms with Gasteiger partial charge in [-0.15, -0.1) is 0 Å². The number of anilines is 1. The average molecular weight is 279 g/mol. The van der Waals surface area contributed by atoms with E-state index in [4.69, 9.17) is 0 Å². The van der Waals surface area contributed by atoms with Crippen LogP contribution in [0.25, 0.3) is 0 Å². The number of aromatic nitrogens is 1. The van der Waals surface area contributed by atoms with Crippen LogP contribution in [0.5, 0.6) is 0 Å². The standard InChI is InChI=1S/C13H14FN3OS/c1-2-15-12-11(5-10(14)7-16-12)13(18)17-6-9-3-4-19-8-9/h3-5,7-8H,2,6H2,1H3,(H,15,16)(H,17,18). The molecule has 2 heterocycles. The molecule has 0 saturated carbocycles. The van der Waals surface area contributed by atoms with Crippen LogP contribution in [-0.2, 0) is 6.54 Å². The number of hydrogen-bond donors (Lipinski definition) is 2. The fourth-order valence-electron chi connectivity index (χ4n) is 1.59. The zero-order valence-corrected chi connectivity index (χ0v) is 11.3. The second-order valence-electron chi connectivity index (χ2n) is 3.89. The van der Waals surface area contributed by atoms with Crippen LogP contribution >= 0.6 is 11.3 Å². The Kier molecular flexibility index (Phi) is 4.46. The van der Waals surface area contributed by atoms with Crippen molar-refractivity contribution in [3.8, 4) is 0 Å². The summed E-state index contributed by atoms with van der Waals surface area (Å²) in [4.78, 5) is 15.9. The third-order valence-electron chi connectivity index (χ3n) is 2.48. The molecular weight excluding hydrogens is 265 g/mol. The Balaban J connectivity index is 2.11. The maximum absolute atomic E-state index is 13.2. The lowest BCUT2D eigenvalue weighted by Gasteiger charge is -2.09. The zero-order chi connectivity index (χ0) is 13.7. The van der Waals surface area contributed by atoms with Crippen molar-refractivity contribution in [3.63, 3.8) is 0 Å². The van der Waals surface area contributed by atoms with Crippen LogP contribution in [0, 0.1) is 5.82 Å². The highest BCUT2D eigenvalue weighted by molar-refractivity contribution is 7.07. The molecule has 0 aliphatic carbocycles. The summed E-state index contributed by atoms with van der Waals surface area (Å²) in [7, 11) is 0. The molecule has 19 heavy (non-hydrogen) atoms. The van der Waals surface area contributed by atoms with Crippen molar-refractivity contribution in [2.24, 2.45) is 0 Å². The van der Waals surface area contributed by atoms with E-state index < -0.39 is 5.82 Å². The van der Waals surface area contributed by atoms with E-state index in [0.29, 0.717) is 18.9 Å². The summed E-state index contributed by atoms with van der Waals surface area (Å²) in [5.74, 6) is -0.469. The molecule has 0 spiro atoms. The quantitative estimate of drug-likeness (QED) is 0.884. The van der Waals surface area contributed by atoms with Crippen LogP contribution in [0.4, 0.5) is 10.2 Å². The van der Waals surface area contributed by atoms with Gasteiger partial charge >= 0.3 is 0 Å². The molecule has 2 aromatic heterocycles. The number of amides is 1. The number of carbonyl (C=O) groups excluding carboxylic acids is 1. The van der Waals surface area contributed by atoms with Crippen molar-refractivity contribution >= 4 is 23.1 Å². The van der Waals surface area contributed by atoms with Gasteiger partial charge in [0.05, 0.1) is 11.8 Å². The Morgan fingerprint density at radius 3 is 3.05 bits per heavy atom. The summed E-state index contributed by atoms with van der Waals surface area (Å²) in [5, 5.41) is 9.58. The lowest BCUT2D eigenvalue weighted by Crippen LogP contribution is -2.24. The van der Waals surface area contributed by atoms with Gasteiger partial charge in [-0.05, 0) is 35.4 Å². The molecule has 0 atom stereocenters. The summed E-state index contributed by atoms with van der Waals surface area (Å²) in [6, 6.07) is 3.12. The summed E-state index contributed by atoms with van der Waals surface area (Å²) in [6.07, 6.45) is 1.09. The van der Waals surface area contributed by atoms with Crippen molar-refractivity contribution in [1.29, 1.82) is 0 Å². The second kappa shape index (κ2) is 6.29. The molecule has 0 aliphatic heterocycles. The Hall–Kier alpha value is -1.95. The van der Waals surface area contributed by atoms with Crippen LogP contribution in [0.15, 0.2) is 29.1 Å². The normalized spacial score (nSPS) is 10.2. The minimum atomic E-state index is -0.526. The first kappa shape index (κ1) is 13.5. The minimum Gasteiger partial charge on any atom is -0.370 e. The minimum absolute atomic E-state index is 0.220. The SMILES string of the molecule is CCNc1ncc(F)cc1C(=O)NCc1ccsc1. The Morgan fingerprint density at radius 2 is 2.37 bits per heavy atom. The fourth-order valence-corrected chi connectivity index (χ4v) is 2.26. The number of nitrogens with one attached hydrogen (secondary N) is 2. The van der Waals surface area contributed by atoms with E-state index in [9.17, 15) is 9.18 Å². The van der Waals surface area contributed by atoms with Crippen molar-refractivity contribution in [2.75, 3.05) is 11.9 Å². The van der Waals surface area contributed by atoms with Gasteiger partial charge in [-0.2, -0.15) is 11.3 Å². The summed E-state index contributed by atoms with van der Waals surface area (Å²) in [5.41, 5.74) is 1.24. The topological polar surface area (TPSA) is 54.0 Å². The molecule has 0 saturated heterocycles. The first-order chi connectivity index (χ1) is 9.20. The van der Waals surface area contributed by atoms with Gasteiger partial charge in [0.1, 0.15) is 11.6 Å². The molecule has 2 N–H and O–H groups in total. The largest absolute Gasteiger partial charge is 0.370 e. The lowest BCUT2D eigenvalue weighted by molar-refractivity contribution is 0.0951. The molecule has 2 rings (SSSR count). The van der Waals surface area contributed by atoms with E-state index in [1.54, 1.807) is 11.3 Å². The van der Waals surface area contributed by atoms with E-state index >= 15 is 0 Å². The highest BCUT2D eigenvalue weighted by Crippen LogP contribution is 2.14. The molecule has 1 amide bonds. The fraction of sp³-hybridized carbons (Fsp3) is 0.231. The maximum atomic E-state index is 13.2. The molecule has 0 unspecified atom stereocenters. The highest BCUT2D eigenvalue weighted by atomic mass is 32.1. The van der Waals surface area contributed by atoms with Crippen molar-refractivity contribution in [2.45, 2.75) is 13.5 Å². The zero-order valence-electron chi connectivity index (χ0n) is 10.4. The van der Waals surface area contributed by atoms with Crippen molar-refractivity contribution < 1.29 is 9.18 Å². The predicted molar refractivity (Wildman–Crippen MR) is 73.8 cm³/mol. The number of nitrogens with zero attached hydrogens (tertiary/aromatic N) is 1. The van der Waals surface area contributed by atoms with Crippen molar-refractivity contribution in [1.82, 2.24) is 10.3 Å². The number of hydrogen-bond acceptors (Lipinski definition) is 4. The van der Waals surface area contributed by atoms with Crippen molar-refractivity contribution in [3.05, 3.63) is 46.0 Å². The van der Waals surface area contributed by atoms with Gasteiger partial charge in [-0.3, -0.25) is 4.79 Å². The third-order valence-corrected chi connectivity index (χ3v) is 3.21. The van der Waals surface area contributed by atoms with Gasteiger partial charge in [-0.1, -0.05) is 0 Å². The Labute approximate surface area is 114 Å². The molecule has 6 heteroatoms. The van der Waals surface area contributed by atoms with E-state index in [0.717, 1.165) is 11.8 Å². The second-order valence-corrected chi connectivity index (χ2v) is 4.67. The number of halogens is 1. The molecule has 4 nitrogen and oxygen atoms in total. The Morgan fingerprint density at radius 1 is 1.53 bits per heavy atom. The molecule has 0 aliphatic rings. The van der Waals surface area contributed by atoms with Crippen LogP contribution in [0.1, 0.15) is 22.8 Å². The summed E-state index contributed by atoms with van der Waals surface area (Å²) < 4.78 is 13.2. The van der Waals surface area contributed by atoms with E-state index in [2.05, 4.69) is 15.6 Å². The van der Waals surface area contributed by atoms with Crippen LogP contribution < -0.4 is 10.6 Å². The van der Waals surface area contributed by atoms with Crippen LogP contribution in [0.3, 0.4) is 0 Å². The van der Waals surface area contributed by atoms with Gasteiger partial charge in [0.2, 0.25) is 0 Å².